The number of hydrogen-bond acceptors (Lipinski definition) is 2. The van der Waals surface area contributed by atoms with Crippen molar-refractivity contribution in [1.82, 2.24) is 10.6 Å². The molecule has 0 saturated carbocycles. The van der Waals surface area contributed by atoms with Crippen LogP contribution in [-0.2, 0) is 4.74 Å². The van der Waals surface area contributed by atoms with Crippen LogP contribution in [0, 0.1) is 5.92 Å². The first-order chi connectivity index (χ1) is 7.63. The van der Waals surface area contributed by atoms with E-state index in [9.17, 15) is 0 Å². The first-order valence-electron chi connectivity index (χ1n) is 6.22. The van der Waals surface area contributed by atoms with Crippen LogP contribution in [0.15, 0.2) is 4.99 Å². The Bertz CT molecular complexity index is 228. The Hall–Kier alpha value is -0.0400. The van der Waals surface area contributed by atoms with Gasteiger partial charge in [-0.1, -0.05) is 13.8 Å². The fourth-order valence-electron chi connectivity index (χ4n) is 1.59. The number of aliphatic imine (C=N–C) groups is 1. The van der Waals surface area contributed by atoms with Gasteiger partial charge in [0.05, 0.1) is 6.10 Å². The van der Waals surface area contributed by atoms with Crippen molar-refractivity contribution in [3.8, 4) is 0 Å². The van der Waals surface area contributed by atoms with Crippen LogP contribution in [0.25, 0.3) is 0 Å². The average molecular weight is 355 g/mol. The average Bonchev–Trinajstić information content (AvgIpc) is 2.76. The molecule has 0 spiro atoms. The summed E-state index contributed by atoms with van der Waals surface area (Å²) >= 11 is 0. The number of hydrogen-bond donors (Lipinski definition) is 2. The van der Waals surface area contributed by atoms with E-state index in [1.165, 1.54) is 6.42 Å². The SMILES string of the molecule is CN=C(NCC1CCCO1)NC(C)C(C)C.I. The van der Waals surface area contributed by atoms with Gasteiger partial charge in [-0.15, -0.1) is 24.0 Å². The Morgan fingerprint density at radius 3 is 2.59 bits per heavy atom. The van der Waals surface area contributed by atoms with Crippen LogP contribution in [0.2, 0.25) is 0 Å². The van der Waals surface area contributed by atoms with Gasteiger partial charge in [0.25, 0.3) is 0 Å². The lowest BCUT2D eigenvalue weighted by molar-refractivity contribution is 0.113. The van der Waals surface area contributed by atoms with Crippen LogP contribution in [0.5, 0.6) is 0 Å². The maximum absolute atomic E-state index is 5.55. The summed E-state index contributed by atoms with van der Waals surface area (Å²) in [5, 5.41) is 6.68. The largest absolute Gasteiger partial charge is 0.376 e. The predicted octanol–water partition coefficient (Wildman–Crippen LogP) is 1.99. The molecule has 0 bridgehead atoms. The van der Waals surface area contributed by atoms with Crippen molar-refractivity contribution in [1.29, 1.82) is 0 Å². The maximum Gasteiger partial charge on any atom is 0.191 e. The number of halogens is 1. The quantitative estimate of drug-likeness (QED) is 0.461. The van der Waals surface area contributed by atoms with Gasteiger partial charge in [0, 0.05) is 26.2 Å². The summed E-state index contributed by atoms with van der Waals surface area (Å²) in [6, 6.07) is 0.427. The maximum atomic E-state index is 5.55. The third-order valence-electron chi connectivity index (χ3n) is 3.11. The van der Waals surface area contributed by atoms with E-state index >= 15 is 0 Å². The first kappa shape index (κ1) is 17.0. The topological polar surface area (TPSA) is 45.7 Å². The van der Waals surface area contributed by atoms with Gasteiger partial charge < -0.3 is 15.4 Å². The minimum atomic E-state index is 0. The molecule has 2 N–H and O–H groups in total. The monoisotopic (exact) mass is 355 g/mol. The van der Waals surface area contributed by atoms with Crippen molar-refractivity contribution in [2.45, 2.75) is 45.8 Å². The molecule has 102 valence electrons. The van der Waals surface area contributed by atoms with Crippen LogP contribution >= 0.6 is 24.0 Å². The van der Waals surface area contributed by atoms with E-state index < -0.39 is 0 Å². The smallest absolute Gasteiger partial charge is 0.191 e. The lowest BCUT2D eigenvalue weighted by Gasteiger charge is -2.21. The summed E-state index contributed by atoms with van der Waals surface area (Å²) in [5.41, 5.74) is 0. The Kier molecular flexibility index (Phi) is 8.94. The zero-order valence-electron chi connectivity index (χ0n) is 11.3. The highest BCUT2D eigenvalue weighted by Gasteiger charge is 2.16. The van der Waals surface area contributed by atoms with Gasteiger partial charge in [-0.25, -0.2) is 0 Å². The van der Waals surface area contributed by atoms with Crippen LogP contribution < -0.4 is 10.6 Å². The molecule has 1 aliphatic heterocycles. The summed E-state index contributed by atoms with van der Waals surface area (Å²) < 4.78 is 5.55. The highest BCUT2D eigenvalue weighted by Crippen LogP contribution is 2.10. The Balaban J connectivity index is 0.00000256. The molecule has 2 atom stereocenters. The van der Waals surface area contributed by atoms with E-state index in [1.807, 2.05) is 0 Å². The molecule has 1 heterocycles. The molecule has 1 rings (SSSR count). The molecule has 1 aliphatic rings. The van der Waals surface area contributed by atoms with Gasteiger partial charge in [0.2, 0.25) is 0 Å². The Labute approximate surface area is 122 Å². The third-order valence-corrected chi connectivity index (χ3v) is 3.11. The second-order valence-electron chi connectivity index (χ2n) is 4.77. The molecule has 0 aromatic heterocycles. The van der Waals surface area contributed by atoms with Crippen molar-refractivity contribution < 1.29 is 4.74 Å². The molecular formula is C12H26IN3O. The van der Waals surface area contributed by atoms with Crippen LogP contribution in [0.4, 0.5) is 0 Å². The Morgan fingerprint density at radius 1 is 1.41 bits per heavy atom. The minimum absolute atomic E-state index is 0. The summed E-state index contributed by atoms with van der Waals surface area (Å²) in [6.07, 6.45) is 2.69. The zero-order chi connectivity index (χ0) is 12.0. The van der Waals surface area contributed by atoms with E-state index in [-0.39, 0.29) is 24.0 Å². The molecule has 1 fully saturated rings. The molecule has 4 nitrogen and oxygen atoms in total. The molecule has 0 radical (unpaired) electrons. The fourth-order valence-corrected chi connectivity index (χ4v) is 1.59. The van der Waals surface area contributed by atoms with E-state index in [4.69, 9.17) is 4.74 Å². The number of ether oxygens (including phenoxy) is 1. The summed E-state index contributed by atoms with van der Waals surface area (Å²) in [4.78, 5) is 4.21. The second-order valence-corrected chi connectivity index (χ2v) is 4.77. The highest BCUT2D eigenvalue weighted by molar-refractivity contribution is 14.0. The minimum Gasteiger partial charge on any atom is -0.376 e. The first-order valence-corrected chi connectivity index (χ1v) is 6.22. The summed E-state index contributed by atoms with van der Waals surface area (Å²) in [7, 11) is 1.80. The highest BCUT2D eigenvalue weighted by atomic mass is 127. The number of nitrogens with zero attached hydrogens (tertiary/aromatic N) is 1. The number of rotatable bonds is 4. The molecule has 17 heavy (non-hydrogen) atoms. The van der Waals surface area contributed by atoms with Crippen LogP contribution in [0.1, 0.15) is 33.6 Å². The van der Waals surface area contributed by atoms with Crippen molar-refractivity contribution in [3.05, 3.63) is 0 Å². The summed E-state index contributed by atoms with van der Waals surface area (Å²) in [6.45, 7) is 8.32. The molecule has 0 aliphatic carbocycles. The molecule has 2 unspecified atom stereocenters. The standard InChI is InChI=1S/C12H25N3O.HI/c1-9(2)10(3)15-12(13-4)14-8-11-6-5-7-16-11;/h9-11H,5-8H2,1-4H3,(H2,13,14,15);1H. The van der Waals surface area contributed by atoms with Crippen LogP contribution in [-0.4, -0.2) is 38.3 Å². The van der Waals surface area contributed by atoms with Crippen molar-refractivity contribution in [3.63, 3.8) is 0 Å². The third kappa shape index (κ3) is 6.45. The van der Waals surface area contributed by atoms with Gasteiger partial charge >= 0.3 is 0 Å². The van der Waals surface area contributed by atoms with Gasteiger partial charge in [-0.2, -0.15) is 0 Å². The van der Waals surface area contributed by atoms with Crippen molar-refractivity contribution in [2.24, 2.45) is 10.9 Å². The van der Waals surface area contributed by atoms with Crippen LogP contribution in [0.3, 0.4) is 0 Å². The molecule has 0 aromatic rings. The molecular weight excluding hydrogens is 329 g/mol. The predicted molar refractivity (Wildman–Crippen MR) is 83.2 cm³/mol. The van der Waals surface area contributed by atoms with Crippen molar-refractivity contribution in [2.75, 3.05) is 20.2 Å². The summed E-state index contributed by atoms with van der Waals surface area (Å²) in [5.74, 6) is 1.47. The van der Waals surface area contributed by atoms with E-state index in [0.29, 0.717) is 18.1 Å². The molecule has 0 amide bonds. The van der Waals surface area contributed by atoms with E-state index in [0.717, 1.165) is 25.5 Å². The lowest BCUT2D eigenvalue weighted by Crippen LogP contribution is -2.46. The second kappa shape index (κ2) is 8.97. The van der Waals surface area contributed by atoms with E-state index in [1.54, 1.807) is 7.05 Å². The zero-order valence-corrected chi connectivity index (χ0v) is 13.7. The molecule has 0 aromatic carbocycles. The van der Waals surface area contributed by atoms with Gasteiger partial charge in [0.15, 0.2) is 5.96 Å². The molecule has 5 heteroatoms. The Morgan fingerprint density at radius 2 is 2.12 bits per heavy atom. The fraction of sp³-hybridized carbons (Fsp3) is 0.917. The van der Waals surface area contributed by atoms with E-state index in [2.05, 4.69) is 36.4 Å². The van der Waals surface area contributed by atoms with Gasteiger partial charge in [0.1, 0.15) is 0 Å². The van der Waals surface area contributed by atoms with Gasteiger partial charge in [-0.05, 0) is 25.7 Å². The normalized spacial score (nSPS) is 22.2. The molecule has 1 saturated heterocycles. The lowest BCUT2D eigenvalue weighted by atomic mass is 10.1. The van der Waals surface area contributed by atoms with Crippen molar-refractivity contribution >= 4 is 29.9 Å². The number of guanidine groups is 1. The number of nitrogens with one attached hydrogen (secondary N) is 2. The van der Waals surface area contributed by atoms with Gasteiger partial charge in [-0.3, -0.25) is 4.99 Å².